The smallest absolute Gasteiger partial charge is 0.335 e. The van der Waals surface area contributed by atoms with Gasteiger partial charge in [-0.05, 0) is 17.7 Å². The zero-order valence-corrected chi connectivity index (χ0v) is 8.73. The maximum Gasteiger partial charge on any atom is 0.335 e. The lowest BCUT2D eigenvalue weighted by atomic mass is 10.1. The van der Waals surface area contributed by atoms with Crippen LogP contribution in [0.1, 0.15) is 15.9 Å². The summed E-state index contributed by atoms with van der Waals surface area (Å²) in [6.45, 7) is 0. The minimum Gasteiger partial charge on any atom is -0.478 e. The van der Waals surface area contributed by atoms with Gasteiger partial charge in [0.15, 0.2) is 0 Å². The number of hydrogen-bond donors (Lipinski definition) is 1. The molecule has 15 heavy (non-hydrogen) atoms. The first-order chi connectivity index (χ1) is 7.00. The summed E-state index contributed by atoms with van der Waals surface area (Å²) in [7, 11) is 3.38. The molecule has 0 aliphatic rings. The van der Waals surface area contributed by atoms with Crippen LogP contribution < -0.4 is 0 Å². The van der Waals surface area contributed by atoms with Gasteiger partial charge in [-0.3, -0.25) is 4.79 Å². The van der Waals surface area contributed by atoms with E-state index in [9.17, 15) is 9.59 Å². The van der Waals surface area contributed by atoms with Crippen LogP contribution in [-0.4, -0.2) is 36.0 Å². The summed E-state index contributed by atoms with van der Waals surface area (Å²) in [5.41, 5.74) is 1.05. The Kier molecular flexibility index (Phi) is 3.44. The second kappa shape index (κ2) is 4.59. The van der Waals surface area contributed by atoms with Gasteiger partial charge in [-0.15, -0.1) is 0 Å². The highest BCUT2D eigenvalue weighted by Crippen LogP contribution is 2.06. The maximum absolute atomic E-state index is 11.3. The molecule has 0 aromatic heterocycles. The number of carboxylic acid groups (broad SMARTS) is 1. The van der Waals surface area contributed by atoms with Crippen molar-refractivity contribution in [2.45, 2.75) is 6.42 Å². The molecule has 0 fully saturated rings. The number of carbonyl (C=O) groups is 2. The second-order valence-corrected chi connectivity index (χ2v) is 3.47. The summed E-state index contributed by atoms with van der Waals surface area (Å²) in [4.78, 5) is 23.4. The molecule has 4 nitrogen and oxygen atoms in total. The van der Waals surface area contributed by atoms with E-state index in [1.54, 1.807) is 26.2 Å². The third-order valence-electron chi connectivity index (χ3n) is 2.06. The highest BCUT2D eigenvalue weighted by Gasteiger charge is 2.06. The zero-order chi connectivity index (χ0) is 11.4. The first-order valence-corrected chi connectivity index (χ1v) is 4.53. The van der Waals surface area contributed by atoms with Crippen LogP contribution in [0.5, 0.6) is 0 Å². The van der Waals surface area contributed by atoms with Crippen molar-refractivity contribution in [2.75, 3.05) is 14.1 Å². The van der Waals surface area contributed by atoms with Gasteiger partial charge in [0.05, 0.1) is 12.0 Å². The minimum atomic E-state index is -0.958. The molecule has 1 amide bonds. The van der Waals surface area contributed by atoms with Crippen LogP contribution in [0.25, 0.3) is 0 Å². The molecule has 1 aromatic rings. The van der Waals surface area contributed by atoms with Gasteiger partial charge >= 0.3 is 5.97 Å². The fourth-order valence-electron chi connectivity index (χ4n) is 1.10. The Morgan fingerprint density at radius 3 is 2.13 bits per heavy atom. The van der Waals surface area contributed by atoms with E-state index in [2.05, 4.69) is 0 Å². The van der Waals surface area contributed by atoms with Gasteiger partial charge in [0, 0.05) is 14.1 Å². The topological polar surface area (TPSA) is 57.6 Å². The number of carbonyl (C=O) groups excluding carboxylic acids is 1. The number of carboxylic acids is 1. The third kappa shape index (κ3) is 3.09. The van der Waals surface area contributed by atoms with Gasteiger partial charge in [-0.1, -0.05) is 12.1 Å². The van der Waals surface area contributed by atoms with Crippen LogP contribution in [0.3, 0.4) is 0 Å². The molecule has 0 radical (unpaired) electrons. The first-order valence-electron chi connectivity index (χ1n) is 4.53. The van der Waals surface area contributed by atoms with Crippen molar-refractivity contribution in [2.24, 2.45) is 0 Å². The highest BCUT2D eigenvalue weighted by molar-refractivity contribution is 5.87. The van der Waals surface area contributed by atoms with E-state index in [1.165, 1.54) is 17.0 Å². The molecule has 0 aliphatic carbocycles. The van der Waals surface area contributed by atoms with Gasteiger partial charge in [0.2, 0.25) is 5.91 Å². The Hall–Kier alpha value is -1.84. The summed E-state index contributed by atoms with van der Waals surface area (Å²) >= 11 is 0. The fraction of sp³-hybridized carbons (Fsp3) is 0.273. The number of benzene rings is 1. The Bertz CT molecular complexity index is 368. The van der Waals surface area contributed by atoms with E-state index >= 15 is 0 Å². The van der Waals surface area contributed by atoms with Gasteiger partial charge in [-0.25, -0.2) is 4.79 Å². The van der Waals surface area contributed by atoms with Crippen molar-refractivity contribution in [1.82, 2.24) is 4.90 Å². The maximum atomic E-state index is 11.3. The lowest BCUT2D eigenvalue weighted by molar-refractivity contribution is -0.127. The molecule has 1 aromatic carbocycles. The van der Waals surface area contributed by atoms with Gasteiger partial charge in [0.25, 0.3) is 0 Å². The van der Waals surface area contributed by atoms with Crippen LogP contribution in [0.2, 0.25) is 0 Å². The average molecular weight is 207 g/mol. The molecule has 0 saturated heterocycles. The molecule has 0 saturated carbocycles. The monoisotopic (exact) mass is 207 g/mol. The van der Waals surface area contributed by atoms with Crippen molar-refractivity contribution in [1.29, 1.82) is 0 Å². The summed E-state index contributed by atoms with van der Waals surface area (Å²) in [6, 6.07) is 6.32. The molecule has 1 rings (SSSR count). The minimum absolute atomic E-state index is 0.00178. The van der Waals surface area contributed by atoms with E-state index in [0.29, 0.717) is 6.42 Å². The molecule has 4 heteroatoms. The normalized spacial score (nSPS) is 9.73. The predicted molar refractivity (Wildman–Crippen MR) is 55.8 cm³/mol. The lowest BCUT2D eigenvalue weighted by Gasteiger charge is -2.09. The van der Waals surface area contributed by atoms with E-state index in [1.807, 2.05) is 0 Å². The summed E-state index contributed by atoms with van der Waals surface area (Å²) in [5, 5.41) is 8.67. The van der Waals surface area contributed by atoms with E-state index in [-0.39, 0.29) is 11.5 Å². The van der Waals surface area contributed by atoms with Crippen molar-refractivity contribution < 1.29 is 14.7 Å². The highest BCUT2D eigenvalue weighted by atomic mass is 16.4. The standard InChI is InChI=1S/C11H13NO3/c1-12(2)10(13)7-8-3-5-9(6-4-8)11(14)15/h3-6H,7H2,1-2H3,(H,14,15). The first kappa shape index (κ1) is 11.2. The summed E-state index contributed by atoms with van der Waals surface area (Å²) in [6.07, 6.45) is 0.299. The van der Waals surface area contributed by atoms with Crippen LogP contribution in [0.15, 0.2) is 24.3 Å². The van der Waals surface area contributed by atoms with Crippen molar-refractivity contribution in [3.05, 3.63) is 35.4 Å². The molecule has 0 heterocycles. The third-order valence-corrected chi connectivity index (χ3v) is 2.06. The number of likely N-dealkylation sites (N-methyl/N-ethyl adjacent to an activating group) is 1. The number of rotatable bonds is 3. The predicted octanol–water partition coefficient (Wildman–Crippen LogP) is 1.02. The number of hydrogen-bond acceptors (Lipinski definition) is 2. The van der Waals surface area contributed by atoms with E-state index in [0.717, 1.165) is 5.56 Å². The Morgan fingerprint density at radius 2 is 1.73 bits per heavy atom. The molecule has 0 spiro atoms. The van der Waals surface area contributed by atoms with E-state index in [4.69, 9.17) is 5.11 Å². The van der Waals surface area contributed by atoms with Crippen LogP contribution in [0.4, 0.5) is 0 Å². The lowest BCUT2D eigenvalue weighted by Crippen LogP contribution is -2.23. The Morgan fingerprint density at radius 1 is 1.20 bits per heavy atom. The van der Waals surface area contributed by atoms with Crippen molar-refractivity contribution in [3.8, 4) is 0 Å². The number of nitrogens with zero attached hydrogens (tertiary/aromatic N) is 1. The largest absolute Gasteiger partial charge is 0.478 e. The summed E-state index contributed by atoms with van der Waals surface area (Å²) < 4.78 is 0. The zero-order valence-electron chi connectivity index (χ0n) is 8.73. The van der Waals surface area contributed by atoms with Crippen LogP contribution in [-0.2, 0) is 11.2 Å². The van der Waals surface area contributed by atoms with Crippen LogP contribution in [0, 0.1) is 0 Å². The van der Waals surface area contributed by atoms with Gasteiger partial charge in [-0.2, -0.15) is 0 Å². The molecule has 0 bridgehead atoms. The molecular weight excluding hydrogens is 194 g/mol. The summed E-state index contributed by atoms with van der Waals surface area (Å²) in [5.74, 6) is -0.960. The van der Waals surface area contributed by atoms with E-state index < -0.39 is 5.97 Å². The molecule has 0 atom stereocenters. The Balaban J connectivity index is 2.73. The molecule has 0 unspecified atom stereocenters. The molecule has 80 valence electrons. The van der Waals surface area contributed by atoms with Gasteiger partial charge < -0.3 is 10.0 Å². The van der Waals surface area contributed by atoms with Crippen molar-refractivity contribution in [3.63, 3.8) is 0 Å². The average Bonchev–Trinajstić information content (AvgIpc) is 2.18. The molecule has 1 N–H and O–H groups in total. The van der Waals surface area contributed by atoms with Crippen molar-refractivity contribution >= 4 is 11.9 Å². The quantitative estimate of drug-likeness (QED) is 0.804. The second-order valence-electron chi connectivity index (χ2n) is 3.47. The number of amides is 1. The molecule has 0 aliphatic heterocycles. The Labute approximate surface area is 88.1 Å². The van der Waals surface area contributed by atoms with Gasteiger partial charge in [0.1, 0.15) is 0 Å². The molecular formula is C11H13NO3. The van der Waals surface area contributed by atoms with Crippen LogP contribution >= 0.6 is 0 Å². The number of aromatic carboxylic acids is 1. The fourth-order valence-corrected chi connectivity index (χ4v) is 1.10. The SMILES string of the molecule is CN(C)C(=O)Cc1ccc(C(=O)O)cc1.